The van der Waals surface area contributed by atoms with E-state index in [4.69, 9.17) is 16.3 Å². The van der Waals surface area contributed by atoms with E-state index >= 15 is 0 Å². The maximum Gasteiger partial charge on any atom is 0.161 e. The fourth-order valence-corrected chi connectivity index (χ4v) is 2.12. The number of rotatable bonds is 4. The van der Waals surface area contributed by atoms with Gasteiger partial charge in [-0.05, 0) is 30.7 Å². The largest absolute Gasteiger partial charge is 0.494 e. The van der Waals surface area contributed by atoms with Crippen molar-refractivity contribution in [3.63, 3.8) is 0 Å². The summed E-state index contributed by atoms with van der Waals surface area (Å²) >= 11 is 6.12. The van der Waals surface area contributed by atoms with Crippen molar-refractivity contribution in [3.8, 4) is 5.75 Å². The highest BCUT2D eigenvalue weighted by Crippen LogP contribution is 2.32. The summed E-state index contributed by atoms with van der Waals surface area (Å²) in [4.78, 5) is 0. The van der Waals surface area contributed by atoms with E-state index in [1.807, 2.05) is 6.92 Å². The third-order valence-corrected chi connectivity index (χ3v) is 3.28. The van der Waals surface area contributed by atoms with Crippen LogP contribution in [0, 0.1) is 17.5 Å². The summed E-state index contributed by atoms with van der Waals surface area (Å²) in [6.45, 7) is 2.39. The van der Waals surface area contributed by atoms with Gasteiger partial charge in [-0.25, -0.2) is 13.2 Å². The SMILES string of the molecule is CCOc1ccc(C(Cl)c2cc(F)c(F)cc2F)cc1. The number of halogens is 4. The van der Waals surface area contributed by atoms with Crippen LogP contribution in [0.25, 0.3) is 0 Å². The molecule has 0 saturated carbocycles. The van der Waals surface area contributed by atoms with Gasteiger partial charge in [-0.2, -0.15) is 0 Å². The molecule has 0 amide bonds. The molecule has 0 radical (unpaired) electrons. The minimum Gasteiger partial charge on any atom is -0.494 e. The van der Waals surface area contributed by atoms with Crippen LogP contribution in [0.5, 0.6) is 5.75 Å². The first kappa shape index (κ1) is 14.7. The average Bonchev–Trinajstić information content (AvgIpc) is 2.43. The Morgan fingerprint density at radius 3 is 2.20 bits per heavy atom. The van der Waals surface area contributed by atoms with Gasteiger partial charge in [0.2, 0.25) is 0 Å². The minimum atomic E-state index is -1.23. The van der Waals surface area contributed by atoms with Crippen LogP contribution in [0.3, 0.4) is 0 Å². The molecular weight excluding hydrogens is 289 g/mol. The van der Waals surface area contributed by atoms with Crippen LogP contribution in [0.2, 0.25) is 0 Å². The van der Waals surface area contributed by atoms with Gasteiger partial charge >= 0.3 is 0 Å². The van der Waals surface area contributed by atoms with Crippen molar-refractivity contribution in [1.82, 2.24) is 0 Å². The first-order chi connectivity index (χ1) is 9.52. The Morgan fingerprint density at radius 2 is 1.60 bits per heavy atom. The molecule has 0 saturated heterocycles. The molecule has 0 aromatic heterocycles. The molecule has 20 heavy (non-hydrogen) atoms. The zero-order valence-corrected chi connectivity index (χ0v) is 11.4. The number of hydrogen-bond acceptors (Lipinski definition) is 1. The van der Waals surface area contributed by atoms with Crippen LogP contribution in [0.4, 0.5) is 13.2 Å². The second kappa shape index (κ2) is 6.18. The number of benzene rings is 2. The van der Waals surface area contributed by atoms with Crippen molar-refractivity contribution < 1.29 is 17.9 Å². The average molecular weight is 301 g/mol. The molecule has 2 aromatic rings. The van der Waals surface area contributed by atoms with Gasteiger partial charge in [-0.15, -0.1) is 11.6 Å². The molecule has 0 spiro atoms. The van der Waals surface area contributed by atoms with Gasteiger partial charge in [0.15, 0.2) is 11.6 Å². The van der Waals surface area contributed by atoms with Gasteiger partial charge in [0.1, 0.15) is 11.6 Å². The summed E-state index contributed by atoms with van der Waals surface area (Å²) < 4.78 is 45.0. The zero-order chi connectivity index (χ0) is 14.7. The Hall–Kier alpha value is -1.68. The van der Waals surface area contributed by atoms with Crippen LogP contribution in [-0.2, 0) is 0 Å². The van der Waals surface area contributed by atoms with Gasteiger partial charge in [0, 0.05) is 11.6 Å². The summed E-state index contributed by atoms with van der Waals surface area (Å²) in [6.07, 6.45) is 0. The Labute approximate surface area is 119 Å². The lowest BCUT2D eigenvalue weighted by Gasteiger charge is -2.12. The molecule has 0 N–H and O–H groups in total. The van der Waals surface area contributed by atoms with Crippen LogP contribution < -0.4 is 4.74 Å². The number of alkyl halides is 1. The van der Waals surface area contributed by atoms with E-state index in [9.17, 15) is 13.2 Å². The summed E-state index contributed by atoms with van der Waals surface area (Å²) in [5.74, 6) is -2.58. The summed E-state index contributed by atoms with van der Waals surface area (Å²) in [7, 11) is 0. The molecule has 2 aromatic carbocycles. The molecule has 0 aliphatic rings. The molecule has 0 fully saturated rings. The van der Waals surface area contributed by atoms with Crippen LogP contribution >= 0.6 is 11.6 Å². The van der Waals surface area contributed by atoms with E-state index < -0.39 is 22.8 Å². The van der Waals surface area contributed by atoms with Crippen molar-refractivity contribution in [2.45, 2.75) is 12.3 Å². The van der Waals surface area contributed by atoms with Gasteiger partial charge < -0.3 is 4.74 Å². The molecule has 1 nitrogen and oxygen atoms in total. The van der Waals surface area contributed by atoms with E-state index in [-0.39, 0.29) is 5.56 Å². The lowest BCUT2D eigenvalue weighted by Crippen LogP contribution is -2.00. The minimum absolute atomic E-state index is 0.102. The summed E-state index contributed by atoms with van der Waals surface area (Å²) in [5, 5.41) is -0.902. The molecule has 2 rings (SSSR count). The fourth-order valence-electron chi connectivity index (χ4n) is 1.81. The fraction of sp³-hybridized carbons (Fsp3) is 0.200. The Balaban J connectivity index is 2.31. The van der Waals surface area contributed by atoms with E-state index in [0.29, 0.717) is 24.0 Å². The predicted molar refractivity (Wildman–Crippen MR) is 71.6 cm³/mol. The molecular formula is C15H12ClF3O. The maximum absolute atomic E-state index is 13.7. The molecule has 0 aliphatic carbocycles. The van der Waals surface area contributed by atoms with E-state index in [1.165, 1.54) is 0 Å². The van der Waals surface area contributed by atoms with Gasteiger partial charge in [0.05, 0.1) is 12.0 Å². The smallest absolute Gasteiger partial charge is 0.161 e. The topological polar surface area (TPSA) is 9.23 Å². The van der Waals surface area contributed by atoms with Crippen molar-refractivity contribution in [2.75, 3.05) is 6.61 Å². The third kappa shape index (κ3) is 3.07. The highest BCUT2D eigenvalue weighted by molar-refractivity contribution is 6.22. The Bertz CT molecular complexity index is 599. The highest BCUT2D eigenvalue weighted by Gasteiger charge is 2.18. The monoisotopic (exact) mass is 300 g/mol. The highest BCUT2D eigenvalue weighted by atomic mass is 35.5. The lowest BCUT2D eigenvalue weighted by molar-refractivity contribution is 0.340. The van der Waals surface area contributed by atoms with Gasteiger partial charge in [-0.3, -0.25) is 0 Å². The first-order valence-electron chi connectivity index (χ1n) is 6.04. The van der Waals surface area contributed by atoms with Crippen molar-refractivity contribution in [3.05, 3.63) is 65.0 Å². The normalized spacial score (nSPS) is 12.2. The van der Waals surface area contributed by atoms with Crippen molar-refractivity contribution in [2.24, 2.45) is 0 Å². The molecule has 0 heterocycles. The lowest BCUT2D eigenvalue weighted by atomic mass is 10.0. The van der Waals surface area contributed by atoms with Gasteiger partial charge in [-0.1, -0.05) is 12.1 Å². The second-order valence-electron chi connectivity index (χ2n) is 4.15. The predicted octanol–water partition coefficient (Wildman–Crippen LogP) is 4.83. The summed E-state index contributed by atoms with van der Waals surface area (Å²) in [5.41, 5.74) is 0.467. The quantitative estimate of drug-likeness (QED) is 0.580. The molecule has 106 valence electrons. The molecule has 5 heteroatoms. The Kier molecular flexibility index (Phi) is 4.55. The maximum atomic E-state index is 13.7. The van der Waals surface area contributed by atoms with E-state index in [2.05, 4.69) is 0 Å². The molecule has 0 aliphatic heterocycles. The molecule has 1 unspecified atom stereocenters. The van der Waals surface area contributed by atoms with Crippen molar-refractivity contribution >= 4 is 11.6 Å². The standard InChI is InChI=1S/C15H12ClF3O/c1-2-20-10-5-3-9(4-6-10)15(16)11-7-13(18)14(19)8-12(11)17/h3-8,15H,2H2,1H3. The Morgan fingerprint density at radius 1 is 1.00 bits per heavy atom. The van der Waals surface area contributed by atoms with Crippen LogP contribution in [-0.4, -0.2) is 6.61 Å². The number of ether oxygens (including phenoxy) is 1. The first-order valence-corrected chi connectivity index (χ1v) is 6.47. The van der Waals surface area contributed by atoms with Gasteiger partial charge in [0.25, 0.3) is 0 Å². The summed E-state index contributed by atoms with van der Waals surface area (Å²) in [6, 6.07) is 7.96. The van der Waals surface area contributed by atoms with Crippen molar-refractivity contribution in [1.29, 1.82) is 0 Å². The third-order valence-electron chi connectivity index (χ3n) is 2.80. The van der Waals surface area contributed by atoms with Crippen LogP contribution in [0.1, 0.15) is 23.4 Å². The molecule has 0 bridgehead atoms. The van der Waals surface area contributed by atoms with Crippen LogP contribution in [0.15, 0.2) is 36.4 Å². The van der Waals surface area contributed by atoms with E-state index in [1.54, 1.807) is 24.3 Å². The van der Waals surface area contributed by atoms with E-state index in [0.717, 1.165) is 6.07 Å². The zero-order valence-electron chi connectivity index (χ0n) is 10.7. The molecule has 1 atom stereocenters. The second-order valence-corrected chi connectivity index (χ2v) is 4.59. The number of hydrogen-bond donors (Lipinski definition) is 0.